The molecule has 7 nitrogen and oxygen atoms in total. The van der Waals surface area contributed by atoms with E-state index in [9.17, 15) is 9.59 Å². The van der Waals surface area contributed by atoms with Crippen LogP contribution in [0.25, 0.3) is 12.2 Å². The molecule has 0 saturated carbocycles. The molecule has 170 valence electrons. The third-order valence-electron chi connectivity index (χ3n) is 5.21. The number of carbonyl (C=O) groups excluding carboxylic acids is 2. The summed E-state index contributed by atoms with van der Waals surface area (Å²) in [7, 11) is 3.47. The Morgan fingerprint density at radius 1 is 1.09 bits per heavy atom. The fourth-order valence-corrected chi connectivity index (χ4v) is 3.33. The molecule has 0 radical (unpaired) electrons. The van der Waals surface area contributed by atoms with Crippen molar-refractivity contribution in [2.24, 2.45) is 7.05 Å². The molecule has 0 N–H and O–H groups in total. The van der Waals surface area contributed by atoms with Gasteiger partial charge in [-0.15, -0.1) is 0 Å². The number of nitrogens with zero attached hydrogens (tertiary/aromatic N) is 2. The van der Waals surface area contributed by atoms with Crippen LogP contribution in [0.4, 0.5) is 0 Å². The zero-order valence-electron chi connectivity index (χ0n) is 18.7. The van der Waals surface area contributed by atoms with E-state index in [1.54, 1.807) is 25.3 Å². The van der Waals surface area contributed by atoms with Crippen LogP contribution in [0.15, 0.2) is 48.7 Å². The normalized spacial score (nSPS) is 14.8. The van der Waals surface area contributed by atoms with Gasteiger partial charge in [0.2, 0.25) is 0 Å². The van der Waals surface area contributed by atoms with Gasteiger partial charge in [-0.05, 0) is 48.6 Å². The molecule has 2 aromatic rings. The van der Waals surface area contributed by atoms with Gasteiger partial charge < -0.3 is 18.8 Å². The van der Waals surface area contributed by atoms with Crippen molar-refractivity contribution in [2.45, 2.75) is 6.42 Å². The minimum absolute atomic E-state index is 0.178. The molecular formula is C25H30N2O5. The predicted octanol–water partition coefficient (Wildman–Crippen LogP) is 3.00. The first-order valence-electron chi connectivity index (χ1n) is 10.7. The average molecular weight is 439 g/mol. The van der Waals surface area contributed by atoms with E-state index in [4.69, 9.17) is 14.2 Å². The molecule has 0 atom stereocenters. The minimum Gasteiger partial charge on any atom is -0.496 e. The molecule has 1 saturated heterocycles. The first-order chi connectivity index (χ1) is 15.5. The maximum Gasteiger partial charge on any atom is 0.163 e. The Hall–Kier alpha value is -3.16. The second kappa shape index (κ2) is 12.0. The van der Waals surface area contributed by atoms with Gasteiger partial charge in [0.1, 0.15) is 18.1 Å². The first-order valence-corrected chi connectivity index (χ1v) is 10.7. The highest BCUT2D eigenvalue weighted by atomic mass is 16.5. The molecule has 0 amide bonds. The lowest BCUT2D eigenvalue weighted by atomic mass is 10.1. The summed E-state index contributed by atoms with van der Waals surface area (Å²) in [5, 5.41) is 0. The van der Waals surface area contributed by atoms with Crippen LogP contribution in [-0.2, 0) is 21.4 Å². The number of hydrogen-bond acceptors (Lipinski definition) is 6. The highest BCUT2D eigenvalue weighted by molar-refractivity contribution is 6.10. The molecule has 0 bridgehead atoms. The molecule has 0 unspecified atom stereocenters. The van der Waals surface area contributed by atoms with Crippen LogP contribution in [0.5, 0.6) is 11.5 Å². The second-order valence-corrected chi connectivity index (χ2v) is 7.53. The summed E-state index contributed by atoms with van der Waals surface area (Å²) in [5.41, 5.74) is 1.64. The Balaban J connectivity index is 1.50. The Bertz CT molecular complexity index is 970. The first kappa shape index (κ1) is 23.5. The fourth-order valence-electron chi connectivity index (χ4n) is 3.33. The summed E-state index contributed by atoms with van der Waals surface area (Å²) in [6.45, 7) is 4.80. The van der Waals surface area contributed by atoms with Crippen molar-refractivity contribution in [1.29, 1.82) is 0 Å². The summed E-state index contributed by atoms with van der Waals surface area (Å²) < 4.78 is 18.5. The highest BCUT2D eigenvalue weighted by Gasteiger charge is 2.10. The van der Waals surface area contributed by atoms with E-state index in [0.29, 0.717) is 18.1 Å². The fraction of sp³-hybridized carbons (Fsp3) is 0.360. The average Bonchev–Trinajstić information content (AvgIpc) is 3.22. The van der Waals surface area contributed by atoms with E-state index >= 15 is 0 Å². The van der Waals surface area contributed by atoms with Gasteiger partial charge in [-0.1, -0.05) is 0 Å². The molecule has 32 heavy (non-hydrogen) atoms. The van der Waals surface area contributed by atoms with Crippen LogP contribution >= 0.6 is 0 Å². The number of rotatable bonds is 11. The van der Waals surface area contributed by atoms with Crippen LogP contribution in [-0.4, -0.2) is 67.6 Å². The number of ether oxygens (including phenoxy) is 3. The highest BCUT2D eigenvalue weighted by Crippen LogP contribution is 2.26. The number of aryl methyl sites for hydroxylation is 1. The van der Waals surface area contributed by atoms with Crippen molar-refractivity contribution >= 4 is 23.7 Å². The van der Waals surface area contributed by atoms with E-state index in [1.165, 1.54) is 12.2 Å². The molecule has 1 aliphatic heterocycles. The minimum atomic E-state index is -0.264. The van der Waals surface area contributed by atoms with Crippen molar-refractivity contribution in [3.63, 3.8) is 0 Å². The van der Waals surface area contributed by atoms with Gasteiger partial charge in [-0.3, -0.25) is 14.5 Å². The summed E-state index contributed by atoms with van der Waals surface area (Å²) in [6.07, 6.45) is 7.93. The van der Waals surface area contributed by atoms with Crippen LogP contribution in [0.3, 0.4) is 0 Å². The Morgan fingerprint density at radius 3 is 2.53 bits per heavy atom. The number of methoxy groups -OCH3 is 1. The number of allylic oxidation sites excluding steroid dienone is 2. The van der Waals surface area contributed by atoms with Gasteiger partial charge in [-0.2, -0.15) is 0 Å². The third-order valence-corrected chi connectivity index (χ3v) is 5.21. The standard InChI is InChI=1S/C25H30N2O5/c1-26-11-3-4-21(26)7-9-23(29)18-22(28)8-5-20-6-10-24(19-25(20)30-2)32-17-14-27-12-15-31-16-13-27/h3-11,19H,12-18H2,1-2H3. The molecule has 1 aromatic carbocycles. The quantitative estimate of drug-likeness (QED) is 0.397. The zero-order valence-corrected chi connectivity index (χ0v) is 18.7. The SMILES string of the molecule is COc1cc(OCCN2CCOCC2)ccc1C=CC(=O)CC(=O)C=Cc1cccn1C. The van der Waals surface area contributed by atoms with Crippen molar-refractivity contribution < 1.29 is 23.8 Å². The lowest BCUT2D eigenvalue weighted by Gasteiger charge is -2.26. The smallest absolute Gasteiger partial charge is 0.163 e. The van der Waals surface area contributed by atoms with Gasteiger partial charge in [-0.25, -0.2) is 0 Å². The number of morpholine rings is 1. The van der Waals surface area contributed by atoms with E-state index in [-0.39, 0.29) is 18.0 Å². The lowest BCUT2D eigenvalue weighted by molar-refractivity contribution is -0.121. The predicted molar refractivity (Wildman–Crippen MR) is 124 cm³/mol. The molecule has 0 spiro atoms. The van der Waals surface area contributed by atoms with E-state index < -0.39 is 0 Å². The van der Waals surface area contributed by atoms with Crippen molar-refractivity contribution in [3.05, 3.63) is 59.9 Å². The van der Waals surface area contributed by atoms with Crippen molar-refractivity contribution in [1.82, 2.24) is 9.47 Å². The molecule has 1 aromatic heterocycles. The van der Waals surface area contributed by atoms with Gasteiger partial charge in [0, 0.05) is 50.2 Å². The summed E-state index contributed by atoms with van der Waals surface area (Å²) in [5.74, 6) is 0.809. The number of carbonyl (C=O) groups is 2. The van der Waals surface area contributed by atoms with Gasteiger partial charge in [0.05, 0.1) is 26.7 Å². The molecule has 7 heteroatoms. The Kier molecular flexibility index (Phi) is 8.83. The molecular weight excluding hydrogens is 408 g/mol. The lowest BCUT2D eigenvalue weighted by Crippen LogP contribution is -2.38. The number of benzene rings is 1. The maximum atomic E-state index is 12.2. The van der Waals surface area contributed by atoms with Crippen molar-refractivity contribution in [3.8, 4) is 11.5 Å². The molecule has 1 fully saturated rings. The summed E-state index contributed by atoms with van der Waals surface area (Å²) in [6, 6.07) is 9.28. The van der Waals surface area contributed by atoms with E-state index in [2.05, 4.69) is 4.90 Å². The van der Waals surface area contributed by atoms with Crippen LogP contribution in [0.1, 0.15) is 17.7 Å². The van der Waals surface area contributed by atoms with Gasteiger partial charge in [0.25, 0.3) is 0 Å². The van der Waals surface area contributed by atoms with E-state index in [0.717, 1.165) is 44.1 Å². The summed E-state index contributed by atoms with van der Waals surface area (Å²) >= 11 is 0. The van der Waals surface area contributed by atoms with Gasteiger partial charge >= 0.3 is 0 Å². The number of aromatic nitrogens is 1. The number of hydrogen-bond donors (Lipinski definition) is 0. The largest absolute Gasteiger partial charge is 0.496 e. The molecule has 3 rings (SSSR count). The van der Waals surface area contributed by atoms with Crippen LogP contribution in [0, 0.1) is 0 Å². The molecule has 0 aliphatic carbocycles. The molecule has 1 aliphatic rings. The third kappa shape index (κ3) is 7.21. The Morgan fingerprint density at radius 2 is 1.84 bits per heavy atom. The van der Waals surface area contributed by atoms with Gasteiger partial charge in [0.15, 0.2) is 11.6 Å². The molecule has 2 heterocycles. The Labute approximate surface area is 188 Å². The van der Waals surface area contributed by atoms with Crippen LogP contribution in [0.2, 0.25) is 0 Å². The summed E-state index contributed by atoms with van der Waals surface area (Å²) in [4.78, 5) is 26.5. The second-order valence-electron chi connectivity index (χ2n) is 7.53. The van der Waals surface area contributed by atoms with Crippen molar-refractivity contribution in [2.75, 3.05) is 46.6 Å². The zero-order chi connectivity index (χ0) is 22.8. The van der Waals surface area contributed by atoms with Crippen LogP contribution < -0.4 is 9.47 Å². The maximum absolute atomic E-state index is 12.2. The monoisotopic (exact) mass is 438 g/mol. The number of ketones is 2. The topological polar surface area (TPSA) is 70.0 Å². The van der Waals surface area contributed by atoms with E-state index in [1.807, 2.05) is 42.1 Å².